The van der Waals surface area contributed by atoms with Crippen LogP contribution in [0.2, 0.25) is 0 Å². The first-order valence-corrected chi connectivity index (χ1v) is 7.92. The Balaban J connectivity index is 0.00000208. The van der Waals surface area contributed by atoms with Gasteiger partial charge in [0.2, 0.25) is 0 Å². The topological polar surface area (TPSA) is 33.1 Å². The van der Waals surface area contributed by atoms with Gasteiger partial charge in [-0.2, -0.15) is 5.10 Å². The quantitative estimate of drug-likeness (QED) is 0.917. The summed E-state index contributed by atoms with van der Waals surface area (Å²) in [5, 5.41) is 7.89. The Hall–Kier alpha value is -1.50. The van der Waals surface area contributed by atoms with E-state index in [1.165, 1.54) is 12.1 Å². The van der Waals surface area contributed by atoms with Crippen molar-refractivity contribution in [3.63, 3.8) is 0 Å². The predicted octanol–water partition coefficient (Wildman–Crippen LogP) is 2.98. The highest BCUT2D eigenvalue weighted by Gasteiger charge is 2.21. The highest BCUT2D eigenvalue weighted by atomic mass is 35.5. The molecule has 0 aliphatic carbocycles. The van der Waals surface area contributed by atoms with Crippen LogP contribution in [0.5, 0.6) is 0 Å². The van der Waals surface area contributed by atoms with Crippen molar-refractivity contribution in [1.29, 1.82) is 0 Å². The predicted molar refractivity (Wildman–Crippen MR) is 92.9 cm³/mol. The van der Waals surface area contributed by atoms with Crippen LogP contribution in [0.1, 0.15) is 23.9 Å². The van der Waals surface area contributed by atoms with Crippen LogP contribution in [-0.2, 0) is 6.54 Å². The van der Waals surface area contributed by atoms with Crippen LogP contribution < -0.4 is 5.32 Å². The van der Waals surface area contributed by atoms with Crippen molar-refractivity contribution in [3.8, 4) is 5.69 Å². The number of nitrogens with zero attached hydrogens (tertiary/aromatic N) is 3. The highest BCUT2D eigenvalue weighted by molar-refractivity contribution is 5.85. The lowest BCUT2D eigenvalue weighted by molar-refractivity contribution is 0.199. The van der Waals surface area contributed by atoms with Crippen molar-refractivity contribution in [2.45, 2.75) is 33.4 Å². The van der Waals surface area contributed by atoms with Crippen molar-refractivity contribution < 1.29 is 8.78 Å². The molecule has 1 aromatic carbocycles. The second kappa shape index (κ2) is 7.59. The summed E-state index contributed by atoms with van der Waals surface area (Å²) in [4.78, 5) is 2.38. The molecule has 132 valence electrons. The van der Waals surface area contributed by atoms with Crippen LogP contribution >= 0.6 is 12.4 Å². The molecule has 0 unspecified atom stereocenters. The summed E-state index contributed by atoms with van der Waals surface area (Å²) in [5.41, 5.74) is 3.19. The molecular weight excluding hydrogens is 334 g/mol. The molecule has 1 N–H and O–H groups in total. The summed E-state index contributed by atoms with van der Waals surface area (Å²) in [6.07, 6.45) is 0. The Bertz CT molecular complexity index is 717. The summed E-state index contributed by atoms with van der Waals surface area (Å²) in [6.45, 7) is 9.78. The fourth-order valence-electron chi connectivity index (χ4n) is 3.17. The molecule has 0 spiro atoms. The molecule has 1 aromatic heterocycles. The fraction of sp³-hybridized carbons (Fsp3) is 0.471. The van der Waals surface area contributed by atoms with Crippen molar-refractivity contribution >= 4 is 12.4 Å². The first-order chi connectivity index (χ1) is 11.0. The number of nitrogens with one attached hydrogen (secondary N) is 1. The van der Waals surface area contributed by atoms with E-state index in [4.69, 9.17) is 0 Å². The maximum absolute atomic E-state index is 14.0. The second-order valence-electron chi connectivity index (χ2n) is 6.25. The number of aryl methyl sites for hydroxylation is 1. The van der Waals surface area contributed by atoms with Crippen LogP contribution in [-0.4, -0.2) is 40.4 Å². The third-order valence-corrected chi connectivity index (χ3v) is 4.41. The Kier molecular flexibility index (Phi) is 5.96. The van der Waals surface area contributed by atoms with Gasteiger partial charge in [-0.25, -0.2) is 13.5 Å². The minimum Gasteiger partial charge on any atom is -0.312 e. The zero-order chi connectivity index (χ0) is 16.6. The van der Waals surface area contributed by atoms with E-state index in [1.54, 1.807) is 4.68 Å². The molecule has 3 rings (SSSR count). The molecule has 2 aromatic rings. The molecule has 1 aliphatic rings. The van der Waals surface area contributed by atoms with Gasteiger partial charge in [0, 0.05) is 49.5 Å². The van der Waals surface area contributed by atoms with Gasteiger partial charge in [0.15, 0.2) is 5.82 Å². The van der Waals surface area contributed by atoms with E-state index in [-0.39, 0.29) is 18.1 Å². The van der Waals surface area contributed by atoms with Gasteiger partial charge in [-0.05, 0) is 32.9 Å². The Labute approximate surface area is 147 Å². The average molecular weight is 357 g/mol. The van der Waals surface area contributed by atoms with Gasteiger partial charge >= 0.3 is 0 Å². The molecule has 4 nitrogen and oxygen atoms in total. The van der Waals surface area contributed by atoms with Crippen LogP contribution in [0.4, 0.5) is 8.78 Å². The second-order valence-corrected chi connectivity index (χ2v) is 6.25. The van der Waals surface area contributed by atoms with E-state index in [9.17, 15) is 8.78 Å². The molecule has 1 saturated heterocycles. The Morgan fingerprint density at radius 2 is 2.04 bits per heavy atom. The van der Waals surface area contributed by atoms with E-state index in [2.05, 4.69) is 22.2 Å². The number of hydrogen-bond donors (Lipinski definition) is 1. The number of halogens is 3. The van der Waals surface area contributed by atoms with Gasteiger partial charge in [0.1, 0.15) is 11.5 Å². The molecule has 2 heterocycles. The first kappa shape index (κ1) is 18.8. The van der Waals surface area contributed by atoms with Crippen LogP contribution in [0.3, 0.4) is 0 Å². The molecule has 1 aliphatic heterocycles. The monoisotopic (exact) mass is 356 g/mol. The Morgan fingerprint density at radius 3 is 2.71 bits per heavy atom. The van der Waals surface area contributed by atoms with Gasteiger partial charge in [0.25, 0.3) is 0 Å². The zero-order valence-corrected chi connectivity index (χ0v) is 15.0. The van der Waals surface area contributed by atoms with Gasteiger partial charge < -0.3 is 5.32 Å². The molecule has 7 heteroatoms. The third-order valence-electron chi connectivity index (χ3n) is 4.41. The minimum absolute atomic E-state index is 0. The van der Waals surface area contributed by atoms with Crippen molar-refractivity contribution in [1.82, 2.24) is 20.0 Å². The summed E-state index contributed by atoms with van der Waals surface area (Å²) in [5.74, 6) is -1.18. The molecule has 0 amide bonds. The lowest BCUT2D eigenvalue weighted by Crippen LogP contribution is -2.48. The van der Waals surface area contributed by atoms with Crippen LogP contribution in [0, 0.1) is 25.5 Å². The minimum atomic E-state index is -0.599. The van der Waals surface area contributed by atoms with Gasteiger partial charge in [-0.1, -0.05) is 0 Å². The molecule has 1 atom stereocenters. The molecule has 24 heavy (non-hydrogen) atoms. The SMILES string of the molecule is Cc1nn(-c2ccc(F)cc2F)c(C)c1CN1CCN[C@H](C)C1.Cl. The van der Waals surface area contributed by atoms with Crippen molar-refractivity contribution in [2.24, 2.45) is 0 Å². The molecule has 0 radical (unpaired) electrons. The summed E-state index contributed by atoms with van der Waals surface area (Å²) >= 11 is 0. The van der Waals surface area contributed by atoms with Gasteiger partial charge in [-0.3, -0.25) is 4.90 Å². The van der Waals surface area contributed by atoms with Crippen LogP contribution in [0.15, 0.2) is 18.2 Å². The van der Waals surface area contributed by atoms with Crippen molar-refractivity contribution in [2.75, 3.05) is 19.6 Å². The summed E-state index contributed by atoms with van der Waals surface area (Å²) < 4.78 is 28.7. The number of piperazine rings is 1. The van der Waals surface area contributed by atoms with E-state index in [0.717, 1.165) is 49.2 Å². The largest absolute Gasteiger partial charge is 0.312 e. The normalized spacial score (nSPS) is 18.5. The Morgan fingerprint density at radius 1 is 1.29 bits per heavy atom. The lowest BCUT2D eigenvalue weighted by atomic mass is 10.1. The van der Waals surface area contributed by atoms with Gasteiger partial charge in [0.05, 0.1) is 5.69 Å². The highest BCUT2D eigenvalue weighted by Crippen LogP contribution is 2.22. The lowest BCUT2D eigenvalue weighted by Gasteiger charge is -2.31. The fourth-order valence-corrected chi connectivity index (χ4v) is 3.17. The van der Waals surface area contributed by atoms with Crippen LogP contribution in [0.25, 0.3) is 5.69 Å². The maximum Gasteiger partial charge on any atom is 0.151 e. The molecular formula is C17H23ClF2N4. The summed E-state index contributed by atoms with van der Waals surface area (Å²) in [7, 11) is 0. The average Bonchev–Trinajstić information content (AvgIpc) is 2.75. The number of benzene rings is 1. The zero-order valence-electron chi connectivity index (χ0n) is 14.1. The molecule has 0 bridgehead atoms. The van der Waals surface area contributed by atoms with E-state index >= 15 is 0 Å². The van der Waals surface area contributed by atoms with E-state index < -0.39 is 11.6 Å². The standard InChI is InChI=1S/C17H22F2N4.ClH/c1-11-9-22(7-6-20-11)10-15-12(2)21-23(13(15)3)17-5-4-14(18)8-16(17)19;/h4-5,8,11,20H,6-7,9-10H2,1-3H3;1H/t11-;/m1./s1. The van der Waals surface area contributed by atoms with Gasteiger partial charge in [-0.15, -0.1) is 12.4 Å². The van der Waals surface area contributed by atoms with Crippen molar-refractivity contribution in [3.05, 3.63) is 46.8 Å². The van der Waals surface area contributed by atoms with E-state index in [1.807, 2.05) is 13.8 Å². The smallest absolute Gasteiger partial charge is 0.151 e. The first-order valence-electron chi connectivity index (χ1n) is 7.92. The van der Waals surface area contributed by atoms with E-state index in [0.29, 0.717) is 6.04 Å². The molecule has 0 saturated carbocycles. The number of aromatic nitrogens is 2. The number of hydrogen-bond acceptors (Lipinski definition) is 3. The number of rotatable bonds is 3. The third kappa shape index (κ3) is 3.77. The summed E-state index contributed by atoms with van der Waals surface area (Å²) in [6, 6.07) is 4.05. The molecule has 1 fully saturated rings. The maximum atomic E-state index is 14.0.